The predicted molar refractivity (Wildman–Crippen MR) is 156 cm³/mol. The number of aromatic nitrogens is 3. The fraction of sp³-hybridized carbons (Fsp3) is 0.281. The maximum absolute atomic E-state index is 13.1. The van der Waals surface area contributed by atoms with Crippen molar-refractivity contribution in [1.29, 1.82) is 0 Å². The normalized spacial score (nSPS) is 11.3. The van der Waals surface area contributed by atoms with Crippen molar-refractivity contribution in [1.82, 2.24) is 14.5 Å². The minimum atomic E-state index is 0.119. The van der Waals surface area contributed by atoms with Crippen LogP contribution in [0.5, 0.6) is 11.5 Å². The van der Waals surface area contributed by atoms with Gasteiger partial charge in [0.1, 0.15) is 17.3 Å². The Balaban J connectivity index is 1.57. The Bertz CT molecular complexity index is 1710. The van der Waals surface area contributed by atoms with E-state index in [0.29, 0.717) is 42.3 Å². The molecular formula is C32H34N4O3. The van der Waals surface area contributed by atoms with Crippen molar-refractivity contribution < 1.29 is 14.3 Å². The molecule has 5 aromatic rings. The third-order valence-electron chi connectivity index (χ3n) is 7.20. The third kappa shape index (κ3) is 4.80. The van der Waals surface area contributed by atoms with Gasteiger partial charge in [0, 0.05) is 23.9 Å². The standard InChI is InChI=1S/C32H34N4O3/c1-18-14-19(2)31(20(3)15-18)36-26-9-7-8-24(33)29(26)30-25(34-21(4)35-32(30)36)12-11-23(37)16-22-10-13-27(38-5)28(17-22)39-6/h7-10,13-15,17H,11-12,16,33H2,1-6H3. The number of benzene rings is 3. The number of nitrogens with zero attached hydrogens (tertiary/aromatic N) is 3. The van der Waals surface area contributed by atoms with Crippen LogP contribution in [0, 0.1) is 27.7 Å². The Morgan fingerprint density at radius 3 is 2.31 bits per heavy atom. The first-order valence-corrected chi connectivity index (χ1v) is 13.1. The maximum Gasteiger partial charge on any atom is 0.161 e. The molecule has 0 unspecified atom stereocenters. The van der Waals surface area contributed by atoms with Crippen LogP contribution < -0.4 is 15.2 Å². The molecule has 0 spiro atoms. The van der Waals surface area contributed by atoms with Gasteiger partial charge in [0.05, 0.1) is 36.5 Å². The minimum absolute atomic E-state index is 0.119. The topological polar surface area (TPSA) is 92.3 Å². The molecule has 0 aliphatic heterocycles. The second kappa shape index (κ2) is 10.4. The first kappa shape index (κ1) is 26.2. The fourth-order valence-electron chi connectivity index (χ4n) is 5.66. The summed E-state index contributed by atoms with van der Waals surface area (Å²) in [4.78, 5) is 22.8. The largest absolute Gasteiger partial charge is 0.493 e. The number of methoxy groups -OCH3 is 2. The summed E-state index contributed by atoms with van der Waals surface area (Å²) >= 11 is 0. The van der Waals surface area contributed by atoms with E-state index in [0.717, 1.165) is 50.0 Å². The molecule has 0 fully saturated rings. The lowest BCUT2D eigenvalue weighted by Crippen LogP contribution is -2.07. The summed E-state index contributed by atoms with van der Waals surface area (Å²) in [6.45, 7) is 8.26. The smallest absolute Gasteiger partial charge is 0.161 e. The van der Waals surface area contributed by atoms with Gasteiger partial charge in [-0.2, -0.15) is 0 Å². The molecule has 2 heterocycles. The van der Waals surface area contributed by atoms with Crippen molar-refractivity contribution in [3.8, 4) is 17.2 Å². The summed E-state index contributed by atoms with van der Waals surface area (Å²) in [6.07, 6.45) is 1.15. The molecule has 7 nitrogen and oxygen atoms in total. The van der Waals surface area contributed by atoms with Gasteiger partial charge >= 0.3 is 0 Å². The highest BCUT2D eigenvalue weighted by Crippen LogP contribution is 2.38. The molecule has 0 aliphatic rings. The zero-order valence-corrected chi connectivity index (χ0v) is 23.4. The van der Waals surface area contributed by atoms with Gasteiger partial charge in [0.25, 0.3) is 0 Å². The molecule has 200 valence electrons. The summed E-state index contributed by atoms with van der Waals surface area (Å²) < 4.78 is 12.9. The molecule has 5 rings (SSSR count). The second-order valence-electron chi connectivity index (χ2n) is 10.1. The molecule has 0 saturated carbocycles. The summed E-state index contributed by atoms with van der Waals surface area (Å²) in [6, 6.07) is 15.9. The number of carbonyl (C=O) groups is 1. The number of ketones is 1. The number of nitrogens with two attached hydrogens (primary N) is 1. The minimum Gasteiger partial charge on any atom is -0.493 e. The molecule has 2 aromatic heterocycles. The Morgan fingerprint density at radius 1 is 0.897 bits per heavy atom. The molecule has 2 N–H and O–H groups in total. The molecule has 0 bridgehead atoms. The Morgan fingerprint density at radius 2 is 1.62 bits per heavy atom. The number of nitrogen functional groups attached to an aromatic ring is 1. The van der Waals surface area contributed by atoms with Crippen molar-refractivity contribution in [2.24, 2.45) is 0 Å². The number of rotatable bonds is 8. The number of hydrogen-bond acceptors (Lipinski definition) is 6. The highest BCUT2D eigenvalue weighted by atomic mass is 16.5. The zero-order chi connectivity index (χ0) is 27.8. The second-order valence-corrected chi connectivity index (χ2v) is 10.1. The molecule has 3 aromatic carbocycles. The van der Waals surface area contributed by atoms with E-state index in [1.54, 1.807) is 14.2 Å². The molecule has 7 heteroatoms. The van der Waals surface area contributed by atoms with E-state index in [9.17, 15) is 4.79 Å². The first-order valence-electron chi connectivity index (χ1n) is 13.1. The molecule has 0 radical (unpaired) electrons. The molecule has 39 heavy (non-hydrogen) atoms. The first-order chi connectivity index (χ1) is 18.7. The van der Waals surface area contributed by atoms with Gasteiger partial charge in [0.15, 0.2) is 11.5 Å². The highest BCUT2D eigenvalue weighted by Gasteiger charge is 2.22. The van der Waals surface area contributed by atoms with Crippen LogP contribution in [0.15, 0.2) is 48.5 Å². The van der Waals surface area contributed by atoms with Gasteiger partial charge < -0.3 is 15.2 Å². The predicted octanol–water partition coefficient (Wildman–Crippen LogP) is 6.15. The lowest BCUT2D eigenvalue weighted by molar-refractivity contribution is -0.118. The van der Waals surface area contributed by atoms with Crippen LogP contribution in [0.4, 0.5) is 5.69 Å². The van der Waals surface area contributed by atoms with Crippen LogP contribution in [0.1, 0.15) is 40.2 Å². The van der Waals surface area contributed by atoms with Gasteiger partial charge in [-0.25, -0.2) is 9.97 Å². The van der Waals surface area contributed by atoms with Crippen LogP contribution in [0.3, 0.4) is 0 Å². The van der Waals surface area contributed by atoms with Crippen molar-refractivity contribution in [2.45, 2.75) is 47.0 Å². The van der Waals surface area contributed by atoms with Crippen molar-refractivity contribution in [2.75, 3.05) is 20.0 Å². The van der Waals surface area contributed by atoms with Gasteiger partial charge in [-0.3, -0.25) is 9.36 Å². The number of Topliss-reactive ketones (excluding diaryl/α,β-unsaturated/α-hetero) is 1. The average Bonchev–Trinajstić information content (AvgIpc) is 3.21. The van der Waals surface area contributed by atoms with Crippen molar-refractivity contribution in [3.05, 3.63) is 82.3 Å². The van der Waals surface area contributed by atoms with E-state index < -0.39 is 0 Å². The fourth-order valence-corrected chi connectivity index (χ4v) is 5.66. The zero-order valence-electron chi connectivity index (χ0n) is 23.4. The monoisotopic (exact) mass is 522 g/mol. The van der Waals surface area contributed by atoms with Crippen LogP contribution in [0.25, 0.3) is 27.6 Å². The quantitative estimate of drug-likeness (QED) is 0.246. The number of hydrogen-bond donors (Lipinski definition) is 1. The number of anilines is 1. The Hall–Kier alpha value is -4.39. The van der Waals surface area contributed by atoms with Crippen LogP contribution in [-0.4, -0.2) is 34.5 Å². The summed E-state index contributed by atoms with van der Waals surface area (Å²) in [5.74, 6) is 2.03. The van der Waals surface area contributed by atoms with E-state index in [1.165, 1.54) is 5.56 Å². The highest BCUT2D eigenvalue weighted by molar-refractivity contribution is 6.14. The van der Waals surface area contributed by atoms with E-state index in [-0.39, 0.29) is 5.78 Å². The van der Waals surface area contributed by atoms with Crippen LogP contribution >= 0.6 is 0 Å². The summed E-state index contributed by atoms with van der Waals surface area (Å²) in [5, 5.41) is 1.83. The van der Waals surface area contributed by atoms with Gasteiger partial charge in [-0.05, 0) is 75.1 Å². The van der Waals surface area contributed by atoms with Gasteiger partial charge in [0.2, 0.25) is 0 Å². The maximum atomic E-state index is 13.1. The van der Waals surface area contributed by atoms with Crippen molar-refractivity contribution in [3.63, 3.8) is 0 Å². The molecular weight excluding hydrogens is 488 g/mol. The molecule has 0 saturated heterocycles. The average molecular weight is 523 g/mol. The van der Waals surface area contributed by atoms with E-state index in [4.69, 9.17) is 25.2 Å². The summed E-state index contributed by atoms with van der Waals surface area (Å²) in [7, 11) is 3.19. The SMILES string of the molecule is COc1ccc(CC(=O)CCc2nc(C)nc3c2c2c(N)cccc2n3-c2c(C)cc(C)cc2C)cc1OC. The molecule has 0 amide bonds. The lowest BCUT2D eigenvalue weighted by atomic mass is 10.0. The Kier molecular flexibility index (Phi) is 7.00. The van der Waals surface area contributed by atoms with E-state index in [1.807, 2.05) is 37.3 Å². The third-order valence-corrected chi connectivity index (χ3v) is 7.20. The van der Waals surface area contributed by atoms with Gasteiger partial charge in [-0.1, -0.05) is 29.8 Å². The van der Waals surface area contributed by atoms with E-state index in [2.05, 4.69) is 43.5 Å². The molecule has 0 atom stereocenters. The van der Waals surface area contributed by atoms with Crippen LogP contribution in [-0.2, 0) is 17.6 Å². The number of carbonyl (C=O) groups excluding carboxylic acids is 1. The number of aryl methyl sites for hydroxylation is 5. The van der Waals surface area contributed by atoms with E-state index >= 15 is 0 Å². The lowest BCUT2D eigenvalue weighted by Gasteiger charge is -2.15. The van der Waals surface area contributed by atoms with Gasteiger partial charge in [-0.15, -0.1) is 0 Å². The number of fused-ring (bicyclic) bond motifs is 3. The number of ether oxygens (including phenoxy) is 2. The Labute approximate surface area is 228 Å². The summed E-state index contributed by atoms with van der Waals surface area (Å²) in [5.41, 5.74) is 15.4. The van der Waals surface area contributed by atoms with Crippen LogP contribution in [0.2, 0.25) is 0 Å². The molecule has 0 aliphatic carbocycles. The van der Waals surface area contributed by atoms with Crippen molar-refractivity contribution >= 4 is 33.4 Å².